The van der Waals surface area contributed by atoms with E-state index < -0.39 is 0 Å². The lowest BCUT2D eigenvalue weighted by molar-refractivity contribution is -0.120. The summed E-state index contributed by atoms with van der Waals surface area (Å²) in [4.78, 5) is 18.9. The number of pyridine rings is 1. The van der Waals surface area contributed by atoms with Crippen molar-refractivity contribution in [1.82, 2.24) is 15.2 Å². The lowest BCUT2D eigenvalue weighted by atomic mass is 9.95. The van der Waals surface area contributed by atoms with Crippen LogP contribution in [-0.2, 0) is 4.79 Å². The summed E-state index contributed by atoms with van der Waals surface area (Å²) in [7, 11) is 0. The van der Waals surface area contributed by atoms with Crippen molar-refractivity contribution in [2.75, 3.05) is 23.3 Å². The first-order valence-electron chi connectivity index (χ1n) is 9.97. The van der Waals surface area contributed by atoms with Gasteiger partial charge in [-0.25, -0.2) is 0 Å². The van der Waals surface area contributed by atoms with E-state index in [-0.39, 0.29) is 11.8 Å². The fourth-order valence-electron chi connectivity index (χ4n) is 3.83. The molecule has 6 nitrogen and oxygen atoms in total. The molecule has 1 aromatic carbocycles. The van der Waals surface area contributed by atoms with Gasteiger partial charge in [0.1, 0.15) is 0 Å². The molecule has 1 aliphatic heterocycles. The zero-order chi connectivity index (χ0) is 20.2. The Labute approximate surface area is 171 Å². The highest BCUT2D eigenvalue weighted by atomic mass is 16.1. The predicted molar refractivity (Wildman–Crippen MR) is 115 cm³/mol. The fraction of sp³-hybridized carbons (Fsp3) is 0.304. The molecular formula is C23H25N5O. The van der Waals surface area contributed by atoms with Crippen molar-refractivity contribution in [2.24, 2.45) is 5.92 Å². The summed E-state index contributed by atoms with van der Waals surface area (Å²) in [5, 5.41) is 11.8. The molecule has 0 spiro atoms. The molecule has 148 valence electrons. The molecule has 1 saturated heterocycles. The van der Waals surface area contributed by atoms with Crippen LogP contribution in [-0.4, -0.2) is 34.2 Å². The van der Waals surface area contributed by atoms with Crippen LogP contribution in [0.3, 0.4) is 0 Å². The Morgan fingerprint density at radius 1 is 0.966 bits per heavy atom. The zero-order valence-electron chi connectivity index (χ0n) is 16.8. The van der Waals surface area contributed by atoms with Crippen molar-refractivity contribution < 1.29 is 4.79 Å². The lowest BCUT2D eigenvalue weighted by Crippen LogP contribution is -2.38. The fourth-order valence-corrected chi connectivity index (χ4v) is 3.83. The van der Waals surface area contributed by atoms with E-state index in [4.69, 9.17) is 0 Å². The molecular weight excluding hydrogens is 362 g/mol. The van der Waals surface area contributed by atoms with E-state index >= 15 is 0 Å². The maximum atomic E-state index is 12.7. The van der Waals surface area contributed by atoms with Gasteiger partial charge in [-0.1, -0.05) is 6.07 Å². The summed E-state index contributed by atoms with van der Waals surface area (Å²) in [5.74, 6) is 0.987. The average molecular weight is 387 g/mol. The van der Waals surface area contributed by atoms with Crippen LogP contribution in [0.1, 0.15) is 24.0 Å². The number of hydrogen-bond donors (Lipinski definition) is 1. The van der Waals surface area contributed by atoms with E-state index in [0.29, 0.717) is 0 Å². The number of amides is 1. The van der Waals surface area contributed by atoms with Gasteiger partial charge in [0.25, 0.3) is 0 Å². The van der Waals surface area contributed by atoms with E-state index in [1.165, 1.54) is 0 Å². The number of nitrogens with one attached hydrogen (secondary N) is 1. The molecule has 0 aliphatic carbocycles. The maximum Gasteiger partial charge on any atom is 0.227 e. The Morgan fingerprint density at radius 2 is 1.66 bits per heavy atom. The van der Waals surface area contributed by atoms with Gasteiger partial charge in [-0.05, 0) is 74.2 Å². The van der Waals surface area contributed by atoms with E-state index in [0.717, 1.165) is 59.8 Å². The van der Waals surface area contributed by atoms with Crippen molar-refractivity contribution in [3.63, 3.8) is 0 Å². The van der Waals surface area contributed by atoms with Gasteiger partial charge < -0.3 is 10.2 Å². The van der Waals surface area contributed by atoms with E-state index in [1.54, 1.807) is 12.4 Å². The number of aryl methyl sites for hydroxylation is 2. The topological polar surface area (TPSA) is 71.0 Å². The average Bonchev–Trinajstić information content (AvgIpc) is 2.74. The molecule has 0 saturated carbocycles. The van der Waals surface area contributed by atoms with Crippen LogP contribution >= 0.6 is 0 Å². The van der Waals surface area contributed by atoms with Gasteiger partial charge in [0.2, 0.25) is 5.91 Å². The van der Waals surface area contributed by atoms with Crippen LogP contribution in [0.4, 0.5) is 11.5 Å². The third-order valence-corrected chi connectivity index (χ3v) is 5.31. The minimum Gasteiger partial charge on any atom is -0.355 e. The second-order valence-corrected chi connectivity index (χ2v) is 7.64. The Hall–Kier alpha value is -3.28. The predicted octanol–water partition coefficient (Wildman–Crippen LogP) is 4.01. The molecule has 3 aromatic rings. The van der Waals surface area contributed by atoms with Crippen LogP contribution in [0.5, 0.6) is 0 Å². The molecule has 0 bridgehead atoms. The largest absolute Gasteiger partial charge is 0.355 e. The molecule has 0 radical (unpaired) electrons. The van der Waals surface area contributed by atoms with Crippen LogP contribution in [0, 0.1) is 19.8 Å². The van der Waals surface area contributed by atoms with Crippen molar-refractivity contribution in [2.45, 2.75) is 26.7 Å². The van der Waals surface area contributed by atoms with Gasteiger partial charge in [-0.15, -0.1) is 10.2 Å². The van der Waals surface area contributed by atoms with Crippen LogP contribution < -0.4 is 10.2 Å². The number of rotatable bonds is 4. The normalized spacial score (nSPS) is 14.6. The Balaban J connectivity index is 1.35. The molecule has 1 N–H and O–H groups in total. The second kappa shape index (κ2) is 8.39. The molecule has 1 fully saturated rings. The van der Waals surface area contributed by atoms with Crippen molar-refractivity contribution >= 4 is 17.4 Å². The Bertz CT molecular complexity index is 960. The van der Waals surface area contributed by atoms with Crippen LogP contribution in [0.15, 0.2) is 54.9 Å². The first kappa shape index (κ1) is 19.1. The first-order valence-corrected chi connectivity index (χ1v) is 9.97. The maximum absolute atomic E-state index is 12.7. The number of carbonyl (C=O) groups excluding carboxylic acids is 1. The summed E-state index contributed by atoms with van der Waals surface area (Å²) in [5.41, 5.74) is 5.03. The smallest absolute Gasteiger partial charge is 0.227 e. The minimum atomic E-state index is 0.0242. The summed E-state index contributed by atoms with van der Waals surface area (Å²) >= 11 is 0. The Morgan fingerprint density at radius 3 is 2.28 bits per heavy atom. The standard InChI is InChI=1S/C23H25N5O/c1-16-13-17(2)15-20(14-16)25-23(29)19-7-11-28(12-8-19)22-4-3-21(26-27-22)18-5-9-24-10-6-18/h3-6,9-10,13-15,19H,7-8,11-12H2,1-2H3,(H,25,29). The molecule has 1 aliphatic rings. The van der Waals surface area contributed by atoms with Gasteiger partial charge in [0.05, 0.1) is 5.69 Å². The van der Waals surface area contributed by atoms with Gasteiger partial charge in [0.15, 0.2) is 5.82 Å². The van der Waals surface area contributed by atoms with E-state index in [9.17, 15) is 4.79 Å². The first-order chi connectivity index (χ1) is 14.1. The monoisotopic (exact) mass is 387 g/mol. The summed E-state index contributed by atoms with van der Waals surface area (Å²) < 4.78 is 0. The molecule has 1 amide bonds. The number of nitrogens with zero attached hydrogens (tertiary/aromatic N) is 4. The molecule has 29 heavy (non-hydrogen) atoms. The van der Waals surface area contributed by atoms with Crippen molar-refractivity contribution in [3.8, 4) is 11.3 Å². The second-order valence-electron chi connectivity index (χ2n) is 7.64. The highest BCUT2D eigenvalue weighted by Crippen LogP contribution is 2.24. The van der Waals surface area contributed by atoms with Crippen molar-refractivity contribution in [1.29, 1.82) is 0 Å². The quantitative estimate of drug-likeness (QED) is 0.732. The lowest BCUT2D eigenvalue weighted by Gasteiger charge is -2.31. The molecule has 2 aromatic heterocycles. The molecule has 4 rings (SSSR count). The van der Waals surface area contributed by atoms with E-state index in [1.807, 2.05) is 50.2 Å². The van der Waals surface area contributed by atoms with Gasteiger partial charge in [-0.2, -0.15) is 0 Å². The van der Waals surface area contributed by atoms with Crippen LogP contribution in [0.2, 0.25) is 0 Å². The molecule has 3 heterocycles. The summed E-state index contributed by atoms with van der Waals surface area (Å²) in [6.07, 6.45) is 5.12. The minimum absolute atomic E-state index is 0.0242. The number of hydrogen-bond acceptors (Lipinski definition) is 5. The number of carbonyl (C=O) groups is 1. The van der Waals surface area contributed by atoms with Crippen molar-refractivity contribution in [3.05, 3.63) is 66.0 Å². The molecule has 0 atom stereocenters. The third-order valence-electron chi connectivity index (χ3n) is 5.31. The van der Waals surface area contributed by atoms with E-state index in [2.05, 4.69) is 31.5 Å². The summed E-state index contributed by atoms with van der Waals surface area (Å²) in [6.45, 7) is 5.69. The number of aromatic nitrogens is 3. The molecule has 0 unspecified atom stereocenters. The number of benzene rings is 1. The number of piperidine rings is 1. The third kappa shape index (κ3) is 4.59. The SMILES string of the molecule is Cc1cc(C)cc(NC(=O)C2CCN(c3ccc(-c4ccncc4)nn3)CC2)c1. The molecule has 6 heteroatoms. The van der Waals surface area contributed by atoms with Gasteiger partial charge in [0, 0.05) is 42.7 Å². The van der Waals surface area contributed by atoms with Gasteiger partial charge in [-0.3, -0.25) is 9.78 Å². The summed E-state index contributed by atoms with van der Waals surface area (Å²) in [6, 6.07) is 14.0. The number of anilines is 2. The van der Waals surface area contributed by atoms with Gasteiger partial charge >= 0.3 is 0 Å². The highest BCUT2D eigenvalue weighted by Gasteiger charge is 2.26. The highest BCUT2D eigenvalue weighted by molar-refractivity contribution is 5.92. The van der Waals surface area contributed by atoms with Crippen LogP contribution in [0.25, 0.3) is 11.3 Å². The zero-order valence-corrected chi connectivity index (χ0v) is 16.8. The Kier molecular flexibility index (Phi) is 5.51.